The van der Waals surface area contributed by atoms with Crippen LogP contribution in [0.15, 0.2) is 48.5 Å². The topological polar surface area (TPSA) is 134 Å². The van der Waals surface area contributed by atoms with Crippen molar-refractivity contribution >= 4 is 23.6 Å². The number of anilines is 1. The molecule has 2 heterocycles. The Balaban J connectivity index is 1.72. The van der Waals surface area contributed by atoms with Crippen LogP contribution in [0.4, 0.5) is 10.5 Å². The first-order chi connectivity index (χ1) is 12.1. The van der Waals surface area contributed by atoms with Crippen molar-refractivity contribution in [3.63, 3.8) is 0 Å². The number of benzene rings is 1. The zero-order chi connectivity index (χ0) is 17.6. The average molecular weight is 336 g/mol. The summed E-state index contributed by atoms with van der Waals surface area (Å²) < 4.78 is 0. The normalized spacial score (nSPS) is 10.7. The first-order valence-corrected chi connectivity index (χ1v) is 7.15. The predicted molar refractivity (Wildman–Crippen MR) is 88.9 cm³/mol. The van der Waals surface area contributed by atoms with Crippen molar-refractivity contribution in [1.29, 1.82) is 0 Å². The third-order valence-electron chi connectivity index (χ3n) is 3.17. The fourth-order valence-corrected chi connectivity index (χ4v) is 2.04. The minimum absolute atomic E-state index is 0.228. The Bertz CT molecular complexity index is 919. The van der Waals surface area contributed by atoms with Crippen LogP contribution in [0.5, 0.6) is 0 Å². The lowest BCUT2D eigenvalue weighted by atomic mass is 10.1. The van der Waals surface area contributed by atoms with Gasteiger partial charge in [-0.25, -0.2) is 9.78 Å². The first-order valence-electron chi connectivity index (χ1n) is 7.15. The number of rotatable bonds is 5. The highest BCUT2D eigenvalue weighted by atomic mass is 16.4. The quantitative estimate of drug-likeness (QED) is 0.480. The summed E-state index contributed by atoms with van der Waals surface area (Å²) in [6, 6.07) is 11.4. The van der Waals surface area contributed by atoms with Crippen LogP contribution in [0.2, 0.25) is 0 Å². The lowest BCUT2D eigenvalue weighted by Crippen LogP contribution is -2.07. The number of allylic oxidation sites excluding steroid dienone is 1. The molecule has 0 bridgehead atoms. The molecule has 0 radical (unpaired) electrons. The molecule has 0 atom stereocenters. The van der Waals surface area contributed by atoms with Crippen molar-refractivity contribution in [3.05, 3.63) is 59.8 Å². The van der Waals surface area contributed by atoms with E-state index < -0.39 is 6.09 Å². The van der Waals surface area contributed by atoms with Crippen LogP contribution in [-0.2, 0) is 0 Å². The standard InChI is InChI=1S/C16H12N6O3/c23-14(10-4-6-12(7-5-10)18-16(24)25)9-8-11-2-1-3-13(17-11)15-19-21-22-20-15/h1-9,18H,(H,24,25)(H,19,20,21,22). The average Bonchev–Trinajstić information content (AvgIpc) is 3.15. The first kappa shape index (κ1) is 16.0. The maximum atomic E-state index is 12.2. The predicted octanol–water partition coefficient (Wildman–Crippen LogP) is 2.25. The molecule has 0 aliphatic heterocycles. The van der Waals surface area contributed by atoms with Crippen molar-refractivity contribution in [2.75, 3.05) is 5.32 Å². The van der Waals surface area contributed by atoms with Gasteiger partial charge in [0.2, 0.25) is 5.82 Å². The van der Waals surface area contributed by atoms with Gasteiger partial charge in [0.15, 0.2) is 5.78 Å². The fraction of sp³-hybridized carbons (Fsp3) is 0. The summed E-state index contributed by atoms with van der Waals surface area (Å²) in [5, 5.41) is 24.4. The number of hydrogen-bond acceptors (Lipinski definition) is 6. The van der Waals surface area contributed by atoms with Crippen LogP contribution < -0.4 is 5.32 Å². The number of hydrogen-bond donors (Lipinski definition) is 3. The second kappa shape index (κ2) is 7.13. The molecular weight excluding hydrogens is 324 g/mol. The highest BCUT2D eigenvalue weighted by Gasteiger charge is 2.06. The molecule has 0 spiro atoms. The molecule has 0 saturated heterocycles. The number of carboxylic acid groups (broad SMARTS) is 1. The molecule has 9 nitrogen and oxygen atoms in total. The smallest absolute Gasteiger partial charge is 0.409 e. The molecule has 0 fully saturated rings. The van der Waals surface area contributed by atoms with E-state index in [9.17, 15) is 9.59 Å². The van der Waals surface area contributed by atoms with Gasteiger partial charge in [0, 0.05) is 11.3 Å². The monoisotopic (exact) mass is 336 g/mol. The van der Waals surface area contributed by atoms with Crippen molar-refractivity contribution in [3.8, 4) is 11.5 Å². The zero-order valence-electron chi connectivity index (χ0n) is 12.7. The molecule has 1 aromatic carbocycles. The van der Waals surface area contributed by atoms with E-state index in [1.54, 1.807) is 36.4 Å². The Morgan fingerprint density at radius 2 is 1.92 bits per heavy atom. The van der Waals surface area contributed by atoms with Gasteiger partial charge in [0.25, 0.3) is 0 Å². The molecule has 0 aliphatic carbocycles. The fourth-order valence-electron chi connectivity index (χ4n) is 2.04. The summed E-state index contributed by atoms with van der Waals surface area (Å²) in [6.45, 7) is 0. The molecular formula is C16H12N6O3. The number of H-pyrrole nitrogens is 1. The van der Waals surface area contributed by atoms with E-state index in [2.05, 4.69) is 30.9 Å². The van der Waals surface area contributed by atoms with Gasteiger partial charge in [-0.3, -0.25) is 10.1 Å². The molecule has 0 aliphatic rings. The maximum absolute atomic E-state index is 12.2. The van der Waals surface area contributed by atoms with E-state index in [1.165, 1.54) is 18.2 Å². The molecule has 3 N–H and O–H groups in total. The van der Waals surface area contributed by atoms with E-state index in [-0.39, 0.29) is 5.78 Å². The maximum Gasteiger partial charge on any atom is 0.409 e. The number of aromatic amines is 1. The van der Waals surface area contributed by atoms with E-state index >= 15 is 0 Å². The van der Waals surface area contributed by atoms with Gasteiger partial charge in [0.1, 0.15) is 5.69 Å². The van der Waals surface area contributed by atoms with E-state index in [0.29, 0.717) is 28.5 Å². The number of nitrogens with one attached hydrogen (secondary N) is 2. The largest absolute Gasteiger partial charge is 0.465 e. The van der Waals surface area contributed by atoms with Crippen molar-refractivity contribution < 1.29 is 14.7 Å². The Labute approximate surface area is 141 Å². The summed E-state index contributed by atoms with van der Waals surface area (Å²) in [4.78, 5) is 27.1. The Morgan fingerprint density at radius 3 is 2.60 bits per heavy atom. The minimum atomic E-state index is -1.16. The third kappa shape index (κ3) is 4.10. The molecule has 9 heteroatoms. The van der Waals surface area contributed by atoms with Gasteiger partial charge in [-0.15, -0.1) is 10.2 Å². The van der Waals surface area contributed by atoms with E-state index in [0.717, 1.165) is 0 Å². The second-order valence-electron chi connectivity index (χ2n) is 4.89. The number of nitrogens with zero attached hydrogens (tertiary/aromatic N) is 4. The van der Waals surface area contributed by atoms with Gasteiger partial charge < -0.3 is 5.11 Å². The number of tetrazole rings is 1. The minimum Gasteiger partial charge on any atom is -0.465 e. The third-order valence-corrected chi connectivity index (χ3v) is 3.17. The summed E-state index contributed by atoms with van der Waals surface area (Å²) in [6.07, 6.45) is 1.81. The van der Waals surface area contributed by atoms with Crippen LogP contribution >= 0.6 is 0 Å². The van der Waals surface area contributed by atoms with Crippen molar-refractivity contribution in [1.82, 2.24) is 25.6 Å². The number of ketones is 1. The molecule has 2 aromatic heterocycles. The number of amides is 1. The van der Waals surface area contributed by atoms with Gasteiger partial charge in [-0.2, -0.15) is 5.21 Å². The van der Waals surface area contributed by atoms with Gasteiger partial charge in [0.05, 0.1) is 5.69 Å². The number of carbonyl (C=O) groups excluding carboxylic acids is 1. The molecule has 1 amide bonds. The number of pyridine rings is 1. The van der Waals surface area contributed by atoms with Crippen LogP contribution in [0.1, 0.15) is 16.1 Å². The van der Waals surface area contributed by atoms with Gasteiger partial charge in [-0.05, 0) is 53.8 Å². The lowest BCUT2D eigenvalue weighted by molar-refractivity contribution is 0.104. The highest BCUT2D eigenvalue weighted by Crippen LogP contribution is 2.13. The van der Waals surface area contributed by atoms with Crippen molar-refractivity contribution in [2.45, 2.75) is 0 Å². The number of carbonyl (C=O) groups is 2. The highest BCUT2D eigenvalue weighted by molar-refractivity contribution is 6.07. The summed E-state index contributed by atoms with van der Waals surface area (Å²) >= 11 is 0. The Kier molecular flexibility index (Phi) is 4.56. The zero-order valence-corrected chi connectivity index (χ0v) is 12.7. The SMILES string of the molecule is O=C(O)Nc1ccc(C(=O)C=Cc2cccc(-c3nn[nH]n3)n2)cc1. The Hall–Kier alpha value is -3.88. The molecule has 0 unspecified atom stereocenters. The van der Waals surface area contributed by atoms with E-state index in [1.807, 2.05) is 0 Å². The van der Waals surface area contributed by atoms with Crippen LogP contribution in [0.3, 0.4) is 0 Å². The summed E-state index contributed by atoms with van der Waals surface area (Å²) in [5.74, 6) is 0.136. The van der Waals surface area contributed by atoms with Crippen molar-refractivity contribution in [2.24, 2.45) is 0 Å². The van der Waals surface area contributed by atoms with Gasteiger partial charge >= 0.3 is 6.09 Å². The molecule has 3 rings (SSSR count). The van der Waals surface area contributed by atoms with Crippen LogP contribution in [-0.4, -0.2) is 42.6 Å². The molecule has 3 aromatic rings. The second-order valence-corrected chi connectivity index (χ2v) is 4.89. The molecule has 0 saturated carbocycles. The van der Waals surface area contributed by atoms with E-state index in [4.69, 9.17) is 5.11 Å². The Morgan fingerprint density at radius 1 is 1.12 bits per heavy atom. The molecule has 25 heavy (non-hydrogen) atoms. The summed E-state index contributed by atoms with van der Waals surface area (Å²) in [7, 11) is 0. The van der Waals surface area contributed by atoms with Crippen LogP contribution in [0, 0.1) is 0 Å². The summed E-state index contributed by atoms with van der Waals surface area (Å²) in [5.41, 5.74) is 1.93. The lowest BCUT2D eigenvalue weighted by Gasteiger charge is -2.01. The van der Waals surface area contributed by atoms with Crippen LogP contribution in [0.25, 0.3) is 17.6 Å². The number of aromatic nitrogens is 5. The molecule has 124 valence electrons. The van der Waals surface area contributed by atoms with Gasteiger partial charge in [-0.1, -0.05) is 6.07 Å².